The van der Waals surface area contributed by atoms with Gasteiger partial charge in [-0.2, -0.15) is 0 Å². The minimum Gasteiger partial charge on any atom is -0.309 e. The zero-order valence-electron chi connectivity index (χ0n) is 33.2. The summed E-state index contributed by atoms with van der Waals surface area (Å²) in [7, 11) is 0. The van der Waals surface area contributed by atoms with Crippen LogP contribution in [0.3, 0.4) is 0 Å². The van der Waals surface area contributed by atoms with Crippen LogP contribution in [0.5, 0.6) is 0 Å². The van der Waals surface area contributed by atoms with Crippen LogP contribution < -0.4 is 0 Å². The highest BCUT2D eigenvalue weighted by Gasteiger charge is 2.19. The van der Waals surface area contributed by atoms with Gasteiger partial charge >= 0.3 is 0 Å². The Morgan fingerprint density at radius 3 is 1.08 bits per heavy atom. The molecule has 0 spiro atoms. The standard InChI is InChI=1S/C57H38N4/c1-3-17-41(18-4-1)45-21-7-9-26-50(45)56-58-55(59-57(60-56)51-27-10-8-22-46(51)42-19-5-2-6-20-42)44-37-33-40(34-38-44)39-31-35-43(36-32-39)47-23-11-14-28-52(47)61-53-29-15-12-24-48(53)49-25-13-16-30-54(49)61/h1-38H. The molecule has 0 amide bonds. The number of para-hydroxylation sites is 3. The molecule has 61 heavy (non-hydrogen) atoms. The predicted molar refractivity (Wildman–Crippen MR) is 252 cm³/mol. The van der Waals surface area contributed by atoms with Crippen molar-refractivity contribution in [1.82, 2.24) is 19.5 Å². The molecule has 11 rings (SSSR count). The normalized spacial score (nSPS) is 11.3. The molecule has 0 aliphatic heterocycles. The monoisotopic (exact) mass is 778 g/mol. The first-order chi connectivity index (χ1) is 30.3. The number of fused-ring (bicyclic) bond motifs is 3. The van der Waals surface area contributed by atoms with E-state index in [1.54, 1.807) is 0 Å². The molecular formula is C57H38N4. The Labute approximate surface area is 354 Å². The molecule has 0 aliphatic carbocycles. The van der Waals surface area contributed by atoms with Crippen LogP contribution in [0, 0.1) is 0 Å². The van der Waals surface area contributed by atoms with Crippen molar-refractivity contribution < 1.29 is 0 Å². The van der Waals surface area contributed by atoms with E-state index >= 15 is 0 Å². The van der Waals surface area contributed by atoms with Gasteiger partial charge < -0.3 is 4.57 Å². The van der Waals surface area contributed by atoms with Crippen molar-refractivity contribution in [2.75, 3.05) is 0 Å². The highest BCUT2D eigenvalue weighted by Crippen LogP contribution is 2.38. The Kier molecular flexibility index (Phi) is 9.14. The van der Waals surface area contributed by atoms with Crippen LogP contribution in [0.4, 0.5) is 0 Å². The van der Waals surface area contributed by atoms with Gasteiger partial charge in [-0.3, -0.25) is 0 Å². The second kappa shape index (κ2) is 15.5. The first-order valence-electron chi connectivity index (χ1n) is 20.6. The van der Waals surface area contributed by atoms with Crippen LogP contribution >= 0.6 is 0 Å². The largest absolute Gasteiger partial charge is 0.309 e. The van der Waals surface area contributed by atoms with Crippen LogP contribution in [-0.4, -0.2) is 19.5 Å². The summed E-state index contributed by atoms with van der Waals surface area (Å²) in [6, 6.07) is 81.0. The van der Waals surface area contributed by atoms with Crippen LogP contribution in [0.2, 0.25) is 0 Å². The fourth-order valence-electron chi connectivity index (χ4n) is 8.59. The van der Waals surface area contributed by atoms with E-state index < -0.39 is 0 Å². The van der Waals surface area contributed by atoms with Gasteiger partial charge in [-0.05, 0) is 57.1 Å². The van der Waals surface area contributed by atoms with Gasteiger partial charge in [0.1, 0.15) is 0 Å². The summed E-state index contributed by atoms with van der Waals surface area (Å²) in [5.41, 5.74) is 15.3. The summed E-state index contributed by atoms with van der Waals surface area (Å²) in [6.07, 6.45) is 0. The lowest BCUT2D eigenvalue weighted by Crippen LogP contribution is -2.02. The lowest BCUT2D eigenvalue weighted by Gasteiger charge is -2.15. The lowest BCUT2D eigenvalue weighted by molar-refractivity contribution is 1.07. The van der Waals surface area contributed by atoms with E-state index in [1.807, 2.05) is 24.3 Å². The molecule has 286 valence electrons. The van der Waals surface area contributed by atoms with Gasteiger partial charge in [-0.1, -0.05) is 212 Å². The van der Waals surface area contributed by atoms with Crippen LogP contribution in [0.15, 0.2) is 231 Å². The number of rotatable bonds is 8. The maximum absolute atomic E-state index is 5.20. The quantitative estimate of drug-likeness (QED) is 0.154. The Hall–Kier alpha value is -8.21. The van der Waals surface area contributed by atoms with E-state index in [1.165, 1.54) is 27.4 Å². The number of aromatic nitrogens is 4. The SMILES string of the molecule is c1ccc(-c2ccccc2-c2nc(-c3ccc(-c4ccc(-c5ccccc5-n5c6ccccc6c6ccccc65)cc4)cc3)nc(-c3ccccc3-c3ccccc3)n2)cc1. The van der Waals surface area contributed by atoms with Crippen molar-refractivity contribution in [3.63, 3.8) is 0 Å². The predicted octanol–water partition coefficient (Wildman–Crippen LogP) is 14.6. The number of hydrogen-bond donors (Lipinski definition) is 0. The fraction of sp³-hybridized carbons (Fsp3) is 0. The Morgan fingerprint density at radius 1 is 0.230 bits per heavy atom. The maximum Gasteiger partial charge on any atom is 0.164 e. The molecule has 0 atom stereocenters. The summed E-state index contributed by atoms with van der Waals surface area (Å²) < 4.78 is 2.39. The first-order valence-corrected chi connectivity index (χ1v) is 20.6. The van der Waals surface area contributed by atoms with Gasteiger partial charge in [0, 0.05) is 33.0 Å². The minimum absolute atomic E-state index is 0.620. The summed E-state index contributed by atoms with van der Waals surface area (Å²) in [6.45, 7) is 0. The topological polar surface area (TPSA) is 43.6 Å². The molecular weight excluding hydrogens is 741 g/mol. The molecule has 0 saturated carbocycles. The van der Waals surface area contributed by atoms with E-state index in [-0.39, 0.29) is 0 Å². The number of benzene rings is 9. The van der Waals surface area contributed by atoms with Crippen molar-refractivity contribution in [3.05, 3.63) is 231 Å². The smallest absolute Gasteiger partial charge is 0.164 e. The average Bonchev–Trinajstić information content (AvgIpc) is 3.69. The van der Waals surface area contributed by atoms with Gasteiger partial charge in [-0.25, -0.2) is 15.0 Å². The van der Waals surface area contributed by atoms with E-state index in [4.69, 9.17) is 15.0 Å². The third kappa shape index (κ3) is 6.67. The average molecular weight is 779 g/mol. The Morgan fingerprint density at radius 2 is 0.574 bits per heavy atom. The van der Waals surface area contributed by atoms with Gasteiger partial charge in [0.2, 0.25) is 0 Å². The molecule has 0 radical (unpaired) electrons. The van der Waals surface area contributed by atoms with E-state index in [0.29, 0.717) is 17.5 Å². The van der Waals surface area contributed by atoms with Crippen molar-refractivity contribution >= 4 is 21.8 Å². The van der Waals surface area contributed by atoms with Gasteiger partial charge in [0.15, 0.2) is 17.5 Å². The van der Waals surface area contributed by atoms with Gasteiger partial charge in [0.05, 0.1) is 16.7 Å². The van der Waals surface area contributed by atoms with Crippen LogP contribution in [0.1, 0.15) is 0 Å². The zero-order chi connectivity index (χ0) is 40.5. The highest BCUT2D eigenvalue weighted by molar-refractivity contribution is 6.09. The maximum atomic E-state index is 5.20. The van der Waals surface area contributed by atoms with Crippen molar-refractivity contribution in [3.8, 4) is 84.4 Å². The molecule has 0 aliphatic rings. The Balaban J connectivity index is 0.971. The molecule has 0 N–H and O–H groups in total. The second-order valence-electron chi connectivity index (χ2n) is 15.2. The van der Waals surface area contributed by atoms with Crippen LogP contribution in [0.25, 0.3) is 106 Å². The summed E-state index contributed by atoms with van der Waals surface area (Å²) >= 11 is 0. The molecule has 9 aromatic carbocycles. The molecule has 11 aromatic rings. The molecule has 2 aromatic heterocycles. The molecule has 2 heterocycles. The number of nitrogens with zero attached hydrogens (tertiary/aromatic N) is 4. The van der Waals surface area contributed by atoms with Gasteiger partial charge in [-0.15, -0.1) is 0 Å². The summed E-state index contributed by atoms with van der Waals surface area (Å²) in [5.74, 6) is 1.88. The molecule has 0 unspecified atom stereocenters. The van der Waals surface area contributed by atoms with Crippen molar-refractivity contribution in [2.24, 2.45) is 0 Å². The Bertz CT molecular complexity index is 3180. The lowest BCUT2D eigenvalue weighted by atomic mass is 9.97. The first kappa shape index (κ1) is 35.9. The summed E-state index contributed by atoms with van der Waals surface area (Å²) in [5, 5.41) is 2.51. The molecule has 0 bridgehead atoms. The fourth-order valence-corrected chi connectivity index (χ4v) is 8.59. The van der Waals surface area contributed by atoms with Crippen LogP contribution in [-0.2, 0) is 0 Å². The molecule has 0 saturated heterocycles. The van der Waals surface area contributed by atoms with E-state index in [2.05, 4.69) is 211 Å². The van der Waals surface area contributed by atoms with E-state index in [0.717, 1.165) is 61.3 Å². The minimum atomic E-state index is 0.620. The van der Waals surface area contributed by atoms with Crippen molar-refractivity contribution in [1.29, 1.82) is 0 Å². The third-order valence-corrected chi connectivity index (χ3v) is 11.5. The molecule has 0 fully saturated rings. The van der Waals surface area contributed by atoms with Crippen molar-refractivity contribution in [2.45, 2.75) is 0 Å². The van der Waals surface area contributed by atoms with Gasteiger partial charge in [0.25, 0.3) is 0 Å². The summed E-state index contributed by atoms with van der Waals surface area (Å²) in [4.78, 5) is 15.6. The third-order valence-electron chi connectivity index (χ3n) is 11.5. The molecule has 4 heteroatoms. The van der Waals surface area contributed by atoms with E-state index in [9.17, 15) is 0 Å². The molecule has 4 nitrogen and oxygen atoms in total. The highest BCUT2D eigenvalue weighted by atomic mass is 15.0. The zero-order valence-corrected chi connectivity index (χ0v) is 33.2. The second-order valence-corrected chi connectivity index (χ2v) is 15.2. The number of hydrogen-bond acceptors (Lipinski definition) is 3.